The largest absolute Gasteiger partial charge is 0.495 e. The first-order valence-electron chi connectivity index (χ1n) is 9.54. The zero-order valence-corrected chi connectivity index (χ0v) is 19.3. The van der Waals surface area contributed by atoms with Crippen LogP contribution in [0.25, 0.3) is 6.08 Å². The Hall–Kier alpha value is -2.87. The molecule has 1 aliphatic rings. The van der Waals surface area contributed by atoms with E-state index in [-0.39, 0.29) is 18.1 Å². The minimum Gasteiger partial charge on any atom is -0.495 e. The number of hydrogen-bond acceptors (Lipinski definition) is 5. The van der Waals surface area contributed by atoms with Gasteiger partial charge in [-0.2, -0.15) is 0 Å². The van der Waals surface area contributed by atoms with Crippen LogP contribution < -0.4 is 14.4 Å². The highest BCUT2D eigenvalue weighted by Crippen LogP contribution is 2.39. The van der Waals surface area contributed by atoms with E-state index in [1.807, 2.05) is 18.2 Å². The number of rotatable bonds is 6. The summed E-state index contributed by atoms with van der Waals surface area (Å²) < 4.78 is 25.5. The lowest BCUT2D eigenvalue weighted by Crippen LogP contribution is -2.27. The van der Waals surface area contributed by atoms with Gasteiger partial charge in [0.05, 0.1) is 22.7 Å². The van der Waals surface area contributed by atoms with Gasteiger partial charge in [0.2, 0.25) is 0 Å². The Bertz CT molecular complexity index is 1210. The number of para-hydroxylation sites is 2. The second-order valence-electron chi connectivity index (χ2n) is 6.75. The van der Waals surface area contributed by atoms with Crippen molar-refractivity contribution in [3.8, 4) is 11.5 Å². The van der Waals surface area contributed by atoms with Gasteiger partial charge in [-0.3, -0.25) is 9.69 Å². The number of halogens is 2. The monoisotopic (exact) mass is 485 g/mol. The minimum absolute atomic E-state index is 0.00905. The van der Waals surface area contributed by atoms with Crippen molar-refractivity contribution in [2.45, 2.75) is 6.61 Å². The molecule has 0 saturated carbocycles. The van der Waals surface area contributed by atoms with E-state index in [9.17, 15) is 9.18 Å². The number of methoxy groups -OCH3 is 1. The van der Waals surface area contributed by atoms with E-state index < -0.39 is 5.82 Å². The van der Waals surface area contributed by atoms with E-state index in [2.05, 4.69) is 0 Å². The second-order valence-corrected chi connectivity index (χ2v) is 8.83. The molecule has 1 aliphatic heterocycles. The van der Waals surface area contributed by atoms with Gasteiger partial charge >= 0.3 is 0 Å². The number of hydrogen-bond donors (Lipinski definition) is 0. The lowest BCUT2D eigenvalue weighted by Gasteiger charge is -2.17. The zero-order valence-electron chi connectivity index (χ0n) is 16.9. The van der Waals surface area contributed by atoms with Crippen molar-refractivity contribution in [2.75, 3.05) is 12.0 Å². The summed E-state index contributed by atoms with van der Waals surface area (Å²) in [4.78, 5) is 15.0. The maximum Gasteiger partial charge on any atom is 0.270 e. The zero-order chi connectivity index (χ0) is 22.7. The molecule has 1 fully saturated rings. The topological polar surface area (TPSA) is 38.8 Å². The summed E-state index contributed by atoms with van der Waals surface area (Å²) in [5, 5.41) is 0.307. The first-order chi connectivity index (χ1) is 15.5. The molecule has 0 radical (unpaired) electrons. The summed E-state index contributed by atoms with van der Waals surface area (Å²) in [5.74, 6) is 0.438. The van der Waals surface area contributed by atoms with Crippen LogP contribution in [0.15, 0.2) is 71.6 Å². The predicted molar refractivity (Wildman–Crippen MR) is 131 cm³/mol. The average Bonchev–Trinajstić information content (AvgIpc) is 3.06. The summed E-state index contributed by atoms with van der Waals surface area (Å²) in [6.07, 6.45) is 1.75. The van der Waals surface area contributed by atoms with E-state index in [0.717, 1.165) is 5.56 Å². The molecule has 4 rings (SSSR count). The highest BCUT2D eigenvalue weighted by Gasteiger charge is 2.34. The Balaban J connectivity index is 1.54. The number of nitrogens with zero attached hydrogens (tertiary/aromatic N) is 1. The highest BCUT2D eigenvalue weighted by atomic mass is 35.5. The number of carbonyl (C=O) groups is 1. The standard InChI is InChI=1S/C24H17ClFNO3S2/c1-29-21-11-3-2-10-20(21)27-23(28)22(32-24(27)31)13-15-6-4-7-16(12-15)30-14-17-18(25)8-5-9-19(17)26/h2-13H,14H2,1H3. The third-order valence-corrected chi connectivity index (χ3v) is 6.38. The number of amides is 1. The number of anilines is 1. The van der Waals surface area contributed by atoms with E-state index in [4.69, 9.17) is 33.3 Å². The fraction of sp³-hybridized carbons (Fsp3) is 0.0833. The van der Waals surface area contributed by atoms with Crippen molar-refractivity contribution in [2.24, 2.45) is 0 Å². The van der Waals surface area contributed by atoms with Crippen molar-refractivity contribution in [1.82, 2.24) is 0 Å². The van der Waals surface area contributed by atoms with Crippen molar-refractivity contribution in [3.63, 3.8) is 0 Å². The molecule has 3 aromatic carbocycles. The van der Waals surface area contributed by atoms with Crippen molar-refractivity contribution < 1.29 is 18.7 Å². The normalized spacial score (nSPS) is 14.8. The van der Waals surface area contributed by atoms with Gasteiger partial charge in [0.15, 0.2) is 4.32 Å². The summed E-state index contributed by atoms with van der Waals surface area (Å²) in [7, 11) is 1.55. The van der Waals surface area contributed by atoms with Crippen LogP contribution in [0.5, 0.6) is 11.5 Å². The van der Waals surface area contributed by atoms with Crippen LogP contribution in [0.1, 0.15) is 11.1 Å². The molecule has 0 bridgehead atoms. The molecular formula is C24H17ClFNO3S2. The van der Waals surface area contributed by atoms with E-state index in [1.165, 1.54) is 22.7 Å². The first kappa shape index (κ1) is 22.3. The van der Waals surface area contributed by atoms with Gasteiger partial charge in [0, 0.05) is 5.56 Å². The number of thioether (sulfide) groups is 1. The van der Waals surface area contributed by atoms with Gasteiger partial charge in [0.25, 0.3) is 5.91 Å². The summed E-state index contributed by atoms with van der Waals surface area (Å²) in [5.41, 5.74) is 1.64. The van der Waals surface area contributed by atoms with Crippen LogP contribution in [0, 0.1) is 5.82 Å². The molecule has 0 aliphatic carbocycles. The van der Waals surface area contributed by atoms with E-state index >= 15 is 0 Å². The lowest BCUT2D eigenvalue weighted by molar-refractivity contribution is -0.113. The lowest BCUT2D eigenvalue weighted by atomic mass is 10.2. The second kappa shape index (κ2) is 9.73. The molecule has 1 saturated heterocycles. The van der Waals surface area contributed by atoms with Crippen LogP contribution in [0.2, 0.25) is 5.02 Å². The van der Waals surface area contributed by atoms with Crippen LogP contribution >= 0.6 is 35.6 Å². The molecule has 1 heterocycles. The highest BCUT2D eigenvalue weighted by molar-refractivity contribution is 8.27. The van der Waals surface area contributed by atoms with Gasteiger partial charge in [-0.05, 0) is 48.0 Å². The summed E-state index contributed by atoms with van der Waals surface area (Å²) in [6.45, 7) is -0.00905. The molecule has 0 aromatic heterocycles. The van der Waals surface area contributed by atoms with Crippen LogP contribution in [-0.2, 0) is 11.4 Å². The smallest absolute Gasteiger partial charge is 0.270 e. The molecule has 1 amide bonds. The maximum absolute atomic E-state index is 14.0. The Labute approximate surface area is 199 Å². The number of ether oxygens (including phenoxy) is 2. The SMILES string of the molecule is COc1ccccc1N1C(=O)C(=Cc2cccc(OCc3c(F)cccc3Cl)c2)SC1=S. The fourth-order valence-corrected chi connectivity index (χ4v) is 4.66. The third-order valence-electron chi connectivity index (χ3n) is 4.72. The molecule has 4 nitrogen and oxygen atoms in total. The van der Waals surface area contributed by atoms with Gasteiger partial charge in [0.1, 0.15) is 23.9 Å². The number of benzene rings is 3. The van der Waals surface area contributed by atoms with Crippen molar-refractivity contribution >= 4 is 57.6 Å². The van der Waals surface area contributed by atoms with E-state index in [1.54, 1.807) is 55.7 Å². The van der Waals surface area contributed by atoms with Gasteiger partial charge in [-0.1, -0.05) is 65.9 Å². The molecule has 8 heteroatoms. The molecule has 32 heavy (non-hydrogen) atoms. The maximum atomic E-state index is 14.0. The van der Waals surface area contributed by atoms with Crippen molar-refractivity contribution in [3.05, 3.63) is 93.6 Å². The number of thiocarbonyl (C=S) groups is 1. The van der Waals surface area contributed by atoms with Gasteiger partial charge in [-0.15, -0.1) is 0 Å². The van der Waals surface area contributed by atoms with Crippen LogP contribution in [0.3, 0.4) is 0 Å². The van der Waals surface area contributed by atoms with Gasteiger partial charge in [-0.25, -0.2) is 4.39 Å². The Kier molecular flexibility index (Phi) is 6.79. The Morgan fingerprint density at radius 1 is 1.12 bits per heavy atom. The third kappa shape index (κ3) is 4.65. The average molecular weight is 486 g/mol. The van der Waals surface area contributed by atoms with Crippen LogP contribution in [-0.4, -0.2) is 17.3 Å². The molecular weight excluding hydrogens is 469 g/mol. The first-order valence-corrected chi connectivity index (χ1v) is 11.1. The summed E-state index contributed by atoms with van der Waals surface area (Å²) in [6, 6.07) is 18.9. The molecule has 0 unspecified atom stereocenters. The quantitative estimate of drug-likeness (QED) is 0.295. The number of carbonyl (C=O) groups excluding carboxylic acids is 1. The molecule has 0 N–H and O–H groups in total. The molecule has 0 spiro atoms. The fourth-order valence-electron chi connectivity index (χ4n) is 3.16. The molecule has 3 aromatic rings. The van der Waals surface area contributed by atoms with Gasteiger partial charge < -0.3 is 9.47 Å². The van der Waals surface area contributed by atoms with E-state index in [0.29, 0.717) is 31.4 Å². The predicted octanol–water partition coefficient (Wildman–Crippen LogP) is 6.47. The minimum atomic E-state index is -0.423. The Morgan fingerprint density at radius 3 is 2.69 bits per heavy atom. The Morgan fingerprint density at radius 2 is 1.91 bits per heavy atom. The molecule has 162 valence electrons. The summed E-state index contributed by atoms with van der Waals surface area (Å²) >= 11 is 12.7. The van der Waals surface area contributed by atoms with Crippen molar-refractivity contribution in [1.29, 1.82) is 0 Å². The van der Waals surface area contributed by atoms with Crippen LogP contribution in [0.4, 0.5) is 10.1 Å². The molecule has 0 atom stereocenters.